The van der Waals surface area contributed by atoms with E-state index in [0.29, 0.717) is 0 Å². The van der Waals surface area contributed by atoms with Crippen molar-refractivity contribution in [1.29, 1.82) is 0 Å². The largest absolute Gasteiger partial charge is 0.347 e. The fourth-order valence-electron chi connectivity index (χ4n) is 2.25. The van der Waals surface area contributed by atoms with Crippen LogP contribution in [0, 0.1) is 0 Å². The van der Waals surface area contributed by atoms with Crippen LogP contribution in [-0.2, 0) is 13.0 Å². The van der Waals surface area contributed by atoms with Crippen molar-refractivity contribution in [3.63, 3.8) is 0 Å². The van der Waals surface area contributed by atoms with E-state index in [4.69, 9.17) is 0 Å². The molecule has 16 heavy (non-hydrogen) atoms. The molecule has 0 aliphatic rings. The molecule has 0 N–H and O–H groups in total. The van der Waals surface area contributed by atoms with Gasteiger partial charge in [0.1, 0.15) is 0 Å². The number of carbonyl (C=O) groups is 1. The molecule has 0 bridgehead atoms. The molecule has 0 saturated carbocycles. The lowest BCUT2D eigenvalue weighted by Gasteiger charge is -2.05. The molecule has 0 aliphatic heterocycles. The lowest BCUT2D eigenvalue weighted by atomic mass is 10.1. The van der Waals surface area contributed by atoms with Gasteiger partial charge >= 0.3 is 0 Å². The summed E-state index contributed by atoms with van der Waals surface area (Å²) < 4.78 is 2.17. The van der Waals surface area contributed by atoms with Crippen LogP contribution in [0.1, 0.15) is 36.7 Å². The van der Waals surface area contributed by atoms with E-state index in [1.54, 1.807) is 6.92 Å². The first kappa shape index (κ1) is 10.9. The molecular formula is C14H17NO. The van der Waals surface area contributed by atoms with Gasteiger partial charge < -0.3 is 4.57 Å². The lowest BCUT2D eigenvalue weighted by Crippen LogP contribution is -1.94. The molecule has 1 heterocycles. The van der Waals surface area contributed by atoms with Crippen molar-refractivity contribution in [2.24, 2.45) is 0 Å². The summed E-state index contributed by atoms with van der Waals surface area (Å²) in [6, 6.07) is 6.21. The Bertz CT molecular complexity index is 537. The van der Waals surface area contributed by atoms with Crippen molar-refractivity contribution in [1.82, 2.24) is 4.57 Å². The predicted molar refractivity (Wildman–Crippen MR) is 67.0 cm³/mol. The van der Waals surface area contributed by atoms with Gasteiger partial charge in [0.05, 0.1) is 5.52 Å². The molecule has 0 atom stereocenters. The number of benzene rings is 1. The molecule has 2 rings (SSSR count). The van der Waals surface area contributed by atoms with Gasteiger partial charge in [-0.05, 0) is 25.8 Å². The van der Waals surface area contributed by atoms with E-state index in [-0.39, 0.29) is 5.78 Å². The number of para-hydroxylation sites is 1. The number of ketones is 1. The maximum atomic E-state index is 11.6. The zero-order valence-electron chi connectivity index (χ0n) is 10.1. The van der Waals surface area contributed by atoms with Crippen molar-refractivity contribution in [3.8, 4) is 0 Å². The Morgan fingerprint density at radius 1 is 1.31 bits per heavy atom. The van der Waals surface area contributed by atoms with E-state index in [9.17, 15) is 4.79 Å². The highest BCUT2D eigenvalue weighted by Crippen LogP contribution is 2.25. The Labute approximate surface area is 95.9 Å². The fourth-order valence-corrected chi connectivity index (χ4v) is 2.25. The smallest absolute Gasteiger partial charge is 0.161 e. The standard InChI is InChI=1S/C14H17NO/c1-4-11-7-6-8-12-13(10(3)16)9-15(5-2)14(11)12/h6-9H,4-5H2,1-3H3. The number of carbonyl (C=O) groups excluding carboxylic acids is 1. The van der Waals surface area contributed by atoms with Crippen molar-refractivity contribution in [3.05, 3.63) is 35.5 Å². The molecule has 0 unspecified atom stereocenters. The molecule has 1 aromatic carbocycles. The first-order chi connectivity index (χ1) is 7.69. The second kappa shape index (κ2) is 4.12. The first-order valence-corrected chi connectivity index (χ1v) is 5.80. The highest BCUT2D eigenvalue weighted by atomic mass is 16.1. The average Bonchev–Trinajstić information content (AvgIpc) is 2.67. The van der Waals surface area contributed by atoms with Gasteiger partial charge in [0, 0.05) is 23.7 Å². The number of rotatable bonds is 3. The van der Waals surface area contributed by atoms with Crippen LogP contribution in [0.25, 0.3) is 10.9 Å². The van der Waals surface area contributed by atoms with Crippen molar-refractivity contribution in [2.75, 3.05) is 0 Å². The Morgan fingerprint density at radius 2 is 2.06 bits per heavy atom. The molecule has 0 amide bonds. The SMILES string of the molecule is CCc1cccc2c(C(C)=O)cn(CC)c12. The van der Waals surface area contributed by atoms with Crippen LogP contribution >= 0.6 is 0 Å². The maximum absolute atomic E-state index is 11.6. The van der Waals surface area contributed by atoms with Gasteiger partial charge in [-0.2, -0.15) is 0 Å². The zero-order chi connectivity index (χ0) is 11.7. The maximum Gasteiger partial charge on any atom is 0.161 e. The molecule has 0 spiro atoms. The lowest BCUT2D eigenvalue weighted by molar-refractivity contribution is 0.101. The summed E-state index contributed by atoms with van der Waals surface area (Å²) in [5.41, 5.74) is 3.37. The predicted octanol–water partition coefficient (Wildman–Crippen LogP) is 3.43. The summed E-state index contributed by atoms with van der Waals surface area (Å²) in [5.74, 6) is 0.144. The van der Waals surface area contributed by atoms with E-state index >= 15 is 0 Å². The van der Waals surface area contributed by atoms with Crippen molar-refractivity contribution in [2.45, 2.75) is 33.7 Å². The minimum absolute atomic E-state index is 0.144. The Morgan fingerprint density at radius 3 is 2.62 bits per heavy atom. The van der Waals surface area contributed by atoms with Crippen LogP contribution in [0.2, 0.25) is 0 Å². The molecule has 0 saturated heterocycles. The minimum atomic E-state index is 0.144. The van der Waals surface area contributed by atoms with E-state index < -0.39 is 0 Å². The molecule has 0 fully saturated rings. The van der Waals surface area contributed by atoms with Crippen LogP contribution < -0.4 is 0 Å². The summed E-state index contributed by atoms with van der Waals surface area (Å²) in [7, 11) is 0. The Kier molecular flexibility index (Phi) is 2.82. The van der Waals surface area contributed by atoms with Gasteiger partial charge in [-0.25, -0.2) is 0 Å². The summed E-state index contributed by atoms with van der Waals surface area (Å²) in [4.78, 5) is 11.6. The molecule has 0 radical (unpaired) electrons. The molecule has 0 aliphatic carbocycles. The number of nitrogens with zero attached hydrogens (tertiary/aromatic N) is 1. The molecule has 1 aromatic heterocycles. The van der Waals surface area contributed by atoms with Crippen LogP contribution in [0.4, 0.5) is 0 Å². The van der Waals surface area contributed by atoms with Gasteiger partial charge in [-0.1, -0.05) is 25.1 Å². The van der Waals surface area contributed by atoms with Gasteiger partial charge in [0.25, 0.3) is 0 Å². The summed E-state index contributed by atoms with van der Waals surface area (Å²) in [5, 5.41) is 1.09. The topological polar surface area (TPSA) is 22.0 Å². The number of aryl methyl sites for hydroxylation is 2. The van der Waals surface area contributed by atoms with Crippen LogP contribution in [0.5, 0.6) is 0 Å². The Balaban J connectivity index is 2.84. The third kappa shape index (κ3) is 1.54. The average molecular weight is 215 g/mol. The van der Waals surface area contributed by atoms with E-state index in [1.165, 1.54) is 11.1 Å². The first-order valence-electron chi connectivity index (χ1n) is 5.80. The van der Waals surface area contributed by atoms with Gasteiger partial charge in [-0.15, -0.1) is 0 Å². The van der Waals surface area contributed by atoms with Crippen molar-refractivity contribution >= 4 is 16.7 Å². The molecule has 2 aromatic rings. The third-order valence-corrected chi connectivity index (χ3v) is 3.08. The zero-order valence-corrected chi connectivity index (χ0v) is 10.1. The molecular weight excluding hydrogens is 198 g/mol. The summed E-state index contributed by atoms with van der Waals surface area (Å²) >= 11 is 0. The van der Waals surface area contributed by atoms with E-state index in [0.717, 1.165) is 23.9 Å². The summed E-state index contributed by atoms with van der Waals surface area (Å²) in [6.45, 7) is 6.79. The molecule has 84 valence electrons. The molecule has 2 heteroatoms. The number of fused-ring (bicyclic) bond motifs is 1. The fraction of sp³-hybridized carbons (Fsp3) is 0.357. The number of aromatic nitrogens is 1. The quantitative estimate of drug-likeness (QED) is 0.719. The van der Waals surface area contributed by atoms with Gasteiger partial charge in [0.2, 0.25) is 0 Å². The minimum Gasteiger partial charge on any atom is -0.347 e. The second-order valence-electron chi connectivity index (χ2n) is 4.05. The van der Waals surface area contributed by atoms with E-state index in [1.807, 2.05) is 18.3 Å². The normalized spacial score (nSPS) is 10.9. The van der Waals surface area contributed by atoms with Gasteiger partial charge in [0.15, 0.2) is 5.78 Å². The van der Waals surface area contributed by atoms with Crippen LogP contribution in [0.15, 0.2) is 24.4 Å². The number of hydrogen-bond donors (Lipinski definition) is 0. The van der Waals surface area contributed by atoms with Crippen molar-refractivity contribution < 1.29 is 4.79 Å². The van der Waals surface area contributed by atoms with E-state index in [2.05, 4.69) is 24.5 Å². The number of Topliss-reactive ketones (excluding diaryl/α,β-unsaturated/α-hetero) is 1. The highest BCUT2D eigenvalue weighted by molar-refractivity contribution is 6.07. The second-order valence-corrected chi connectivity index (χ2v) is 4.05. The Hall–Kier alpha value is -1.57. The monoisotopic (exact) mass is 215 g/mol. The molecule has 2 nitrogen and oxygen atoms in total. The van der Waals surface area contributed by atoms with Crippen LogP contribution in [-0.4, -0.2) is 10.4 Å². The summed E-state index contributed by atoms with van der Waals surface area (Å²) in [6.07, 6.45) is 2.98. The van der Waals surface area contributed by atoms with Gasteiger partial charge in [-0.3, -0.25) is 4.79 Å². The third-order valence-electron chi connectivity index (χ3n) is 3.08. The van der Waals surface area contributed by atoms with Crippen LogP contribution in [0.3, 0.4) is 0 Å². The number of hydrogen-bond acceptors (Lipinski definition) is 1. The highest BCUT2D eigenvalue weighted by Gasteiger charge is 2.12.